The summed E-state index contributed by atoms with van der Waals surface area (Å²) in [4.78, 5) is 15.1. The van der Waals surface area contributed by atoms with Crippen molar-refractivity contribution in [3.8, 4) is 28.5 Å². The maximum atomic E-state index is 13.4. The number of amides is 1. The van der Waals surface area contributed by atoms with E-state index < -0.39 is 6.04 Å². The van der Waals surface area contributed by atoms with E-state index in [1.165, 1.54) is 0 Å². The average Bonchev–Trinajstić information content (AvgIpc) is 3.39. The number of aromatic nitrogens is 2. The van der Waals surface area contributed by atoms with Gasteiger partial charge in [0.15, 0.2) is 11.5 Å². The predicted molar refractivity (Wildman–Crippen MR) is 141 cm³/mol. The molecule has 2 N–H and O–H groups in total. The third-order valence-corrected chi connectivity index (χ3v) is 6.72. The van der Waals surface area contributed by atoms with E-state index in [1.807, 2.05) is 32.0 Å². The van der Waals surface area contributed by atoms with E-state index >= 15 is 0 Å². The van der Waals surface area contributed by atoms with E-state index in [9.17, 15) is 9.90 Å². The summed E-state index contributed by atoms with van der Waals surface area (Å²) in [5, 5.41) is 18.5. The summed E-state index contributed by atoms with van der Waals surface area (Å²) in [5.41, 5.74) is 3.59. The Hall–Kier alpha value is -3.45. The monoisotopic (exact) mass is 509 g/mol. The van der Waals surface area contributed by atoms with Gasteiger partial charge in [-0.15, -0.1) is 6.58 Å². The molecule has 3 aromatic rings. The van der Waals surface area contributed by atoms with Gasteiger partial charge in [0.05, 0.1) is 19.3 Å². The van der Waals surface area contributed by atoms with Gasteiger partial charge in [0, 0.05) is 22.7 Å². The molecule has 190 valence electrons. The fourth-order valence-corrected chi connectivity index (χ4v) is 4.71. The van der Waals surface area contributed by atoms with Gasteiger partial charge in [0.25, 0.3) is 5.91 Å². The van der Waals surface area contributed by atoms with E-state index in [1.54, 1.807) is 23.1 Å². The zero-order chi connectivity index (χ0) is 25.8. The Morgan fingerprint density at radius 3 is 2.72 bits per heavy atom. The molecule has 2 heterocycles. The van der Waals surface area contributed by atoms with E-state index in [0.29, 0.717) is 58.8 Å². The number of phenolic OH excluding ortho intramolecular Hbond substituents is 1. The summed E-state index contributed by atoms with van der Waals surface area (Å²) in [5.74, 6) is 1.15. The van der Waals surface area contributed by atoms with Crippen LogP contribution in [0, 0.1) is 6.92 Å². The molecule has 0 spiro atoms. The van der Waals surface area contributed by atoms with Gasteiger partial charge < -0.3 is 19.5 Å². The molecule has 1 atom stereocenters. The zero-order valence-corrected chi connectivity index (χ0v) is 21.7. The van der Waals surface area contributed by atoms with Crippen molar-refractivity contribution >= 4 is 17.5 Å². The van der Waals surface area contributed by atoms with Gasteiger partial charge in [-0.1, -0.05) is 43.5 Å². The van der Waals surface area contributed by atoms with Crippen LogP contribution in [0.4, 0.5) is 0 Å². The van der Waals surface area contributed by atoms with Gasteiger partial charge in [-0.3, -0.25) is 9.89 Å². The van der Waals surface area contributed by atoms with Crippen LogP contribution in [-0.2, 0) is 0 Å². The molecule has 0 radical (unpaired) electrons. The molecule has 1 unspecified atom stereocenters. The zero-order valence-electron chi connectivity index (χ0n) is 20.9. The molecule has 1 amide bonds. The Labute approximate surface area is 216 Å². The van der Waals surface area contributed by atoms with Gasteiger partial charge in [-0.05, 0) is 55.7 Å². The molecule has 1 aliphatic heterocycles. The van der Waals surface area contributed by atoms with Crippen LogP contribution in [0.15, 0.2) is 43.0 Å². The summed E-state index contributed by atoms with van der Waals surface area (Å²) in [6.07, 6.45) is 4.88. The summed E-state index contributed by atoms with van der Waals surface area (Å²) in [7, 11) is 0. The number of aromatic hydroxyl groups is 1. The second-order valence-electron chi connectivity index (χ2n) is 8.82. The number of rotatable bonds is 11. The van der Waals surface area contributed by atoms with E-state index in [-0.39, 0.29) is 11.7 Å². The van der Waals surface area contributed by atoms with E-state index in [4.69, 9.17) is 21.1 Å². The lowest BCUT2D eigenvalue weighted by Crippen LogP contribution is -2.29. The van der Waals surface area contributed by atoms with Crippen molar-refractivity contribution in [2.45, 2.75) is 46.1 Å². The molecule has 2 aromatic carbocycles. The fraction of sp³-hybridized carbons (Fsp3) is 0.357. The van der Waals surface area contributed by atoms with Crippen LogP contribution in [0.2, 0.25) is 5.02 Å². The van der Waals surface area contributed by atoms with Crippen molar-refractivity contribution in [3.05, 3.63) is 70.4 Å². The number of fused-ring (bicyclic) bond motifs is 1. The number of hydrogen-bond acceptors (Lipinski definition) is 5. The number of carbonyl (C=O) groups excluding carboxylic acids is 1. The molecule has 0 saturated carbocycles. The second-order valence-corrected chi connectivity index (χ2v) is 9.23. The molecular formula is C28H32ClN3O4. The number of benzene rings is 2. The fourth-order valence-electron chi connectivity index (χ4n) is 4.55. The Bertz CT molecular complexity index is 1270. The lowest BCUT2D eigenvalue weighted by Gasteiger charge is -2.26. The number of ether oxygens (including phenoxy) is 2. The minimum Gasteiger partial charge on any atom is -0.507 e. The molecule has 4 rings (SSSR count). The highest BCUT2D eigenvalue weighted by molar-refractivity contribution is 6.31. The lowest BCUT2D eigenvalue weighted by molar-refractivity contribution is 0.0764. The summed E-state index contributed by atoms with van der Waals surface area (Å²) >= 11 is 6.38. The highest BCUT2D eigenvalue weighted by Crippen LogP contribution is 2.46. The molecule has 8 heteroatoms. The van der Waals surface area contributed by atoms with Crippen molar-refractivity contribution in [2.24, 2.45) is 0 Å². The predicted octanol–water partition coefficient (Wildman–Crippen LogP) is 6.44. The molecule has 0 bridgehead atoms. The van der Waals surface area contributed by atoms with Gasteiger partial charge >= 0.3 is 0 Å². The average molecular weight is 510 g/mol. The number of nitrogens with zero attached hydrogens (tertiary/aromatic N) is 2. The highest BCUT2D eigenvalue weighted by Gasteiger charge is 2.42. The number of carbonyl (C=O) groups is 1. The van der Waals surface area contributed by atoms with E-state index in [2.05, 4.69) is 23.7 Å². The smallest absolute Gasteiger partial charge is 0.273 e. The number of nitrogens with one attached hydrogen (secondary N) is 1. The Balaban J connectivity index is 1.81. The quantitative estimate of drug-likeness (QED) is 0.229. The largest absolute Gasteiger partial charge is 0.507 e. The molecule has 0 saturated heterocycles. The van der Waals surface area contributed by atoms with Gasteiger partial charge in [0.1, 0.15) is 17.1 Å². The first-order valence-electron chi connectivity index (χ1n) is 12.3. The first-order valence-corrected chi connectivity index (χ1v) is 12.7. The van der Waals surface area contributed by atoms with Crippen LogP contribution in [0.3, 0.4) is 0 Å². The Morgan fingerprint density at radius 1 is 1.19 bits per heavy atom. The molecular weight excluding hydrogens is 478 g/mol. The third kappa shape index (κ3) is 4.80. The van der Waals surface area contributed by atoms with Crippen LogP contribution in [-0.4, -0.2) is 45.9 Å². The second kappa shape index (κ2) is 11.1. The number of aryl methyl sites for hydroxylation is 1. The van der Waals surface area contributed by atoms with Crippen molar-refractivity contribution in [3.63, 3.8) is 0 Å². The Kier molecular flexibility index (Phi) is 7.89. The topological polar surface area (TPSA) is 87.7 Å². The molecule has 1 aromatic heterocycles. The van der Waals surface area contributed by atoms with Crippen LogP contribution in [0.5, 0.6) is 17.2 Å². The maximum absolute atomic E-state index is 13.4. The SMILES string of the molecule is C=CCN1C(=O)c2[nH]nc(-c3cc(Cl)c(C)cc3O)c2C1c1ccc(OCCCCC)c(OCC)c1. The minimum atomic E-state index is -0.466. The van der Waals surface area contributed by atoms with Gasteiger partial charge in [0.2, 0.25) is 0 Å². The number of aromatic amines is 1. The van der Waals surface area contributed by atoms with E-state index in [0.717, 1.165) is 30.4 Å². The molecule has 1 aliphatic rings. The summed E-state index contributed by atoms with van der Waals surface area (Å²) < 4.78 is 11.9. The standard InChI is InChI=1S/C28H32ClN3O4/c1-5-8-9-13-36-22-11-10-18(15-23(22)35-7-3)27-24-25(19-16-20(29)17(4)14-21(19)33)30-31-26(24)28(34)32(27)12-6-2/h6,10-11,14-16,27,33H,2,5,7-9,12-13H2,1,3-4H3,(H,30,31). The normalized spacial score (nSPS) is 14.7. The third-order valence-electron chi connectivity index (χ3n) is 6.31. The summed E-state index contributed by atoms with van der Waals surface area (Å²) in [6.45, 7) is 11.2. The first kappa shape index (κ1) is 25.6. The molecule has 0 fully saturated rings. The first-order chi connectivity index (χ1) is 17.4. The molecule has 7 nitrogen and oxygen atoms in total. The van der Waals surface area contributed by atoms with Gasteiger partial charge in [-0.2, -0.15) is 5.10 Å². The highest BCUT2D eigenvalue weighted by atomic mass is 35.5. The van der Waals surface area contributed by atoms with Crippen molar-refractivity contribution in [1.82, 2.24) is 15.1 Å². The maximum Gasteiger partial charge on any atom is 0.273 e. The van der Waals surface area contributed by atoms with Gasteiger partial charge in [-0.25, -0.2) is 0 Å². The Morgan fingerprint density at radius 2 is 2.00 bits per heavy atom. The van der Waals surface area contributed by atoms with Crippen LogP contribution in [0.1, 0.15) is 66.3 Å². The van der Waals surface area contributed by atoms with Crippen molar-refractivity contribution in [2.75, 3.05) is 19.8 Å². The van der Waals surface area contributed by atoms with Crippen LogP contribution in [0.25, 0.3) is 11.3 Å². The van der Waals surface area contributed by atoms with Crippen molar-refractivity contribution < 1.29 is 19.4 Å². The summed E-state index contributed by atoms with van der Waals surface area (Å²) in [6, 6.07) is 8.57. The van der Waals surface area contributed by atoms with Crippen LogP contribution < -0.4 is 9.47 Å². The number of unbranched alkanes of at least 4 members (excludes halogenated alkanes) is 2. The molecule has 36 heavy (non-hydrogen) atoms. The number of halogens is 1. The lowest BCUT2D eigenvalue weighted by atomic mass is 9.95. The number of hydrogen-bond donors (Lipinski definition) is 2. The van der Waals surface area contributed by atoms with Crippen molar-refractivity contribution in [1.29, 1.82) is 0 Å². The number of phenols is 1. The number of H-pyrrole nitrogens is 1. The minimum absolute atomic E-state index is 0.0467. The molecule has 0 aliphatic carbocycles. The van der Waals surface area contributed by atoms with Crippen LogP contribution >= 0.6 is 11.6 Å².